The summed E-state index contributed by atoms with van der Waals surface area (Å²) in [6.45, 7) is 7.74. The molecule has 1 saturated carbocycles. The number of benzene rings is 1. The second-order valence-corrected chi connectivity index (χ2v) is 11.6. The standard InChI is InChI=1S/C25H30ClN3O3.C2HF3O2/c1-24(2,3)13-30-18-5-7-22-20(10-18)25(14-31-23(27)29-25)19-9-15(4-6-21(19)32-22)16-8-17(26)12-28-11-16;3-2(4,5)1(6)7/h4,6,8-9,11-12,18,20,22H,5,7,10,13-14H2,1-3H3,(H2,27,29);(H,6,7)/t18-,20+,22+,25-;/m1./s1. The van der Waals surface area contributed by atoms with E-state index < -0.39 is 17.7 Å². The molecule has 1 aliphatic carbocycles. The van der Waals surface area contributed by atoms with Crippen molar-refractivity contribution in [3.63, 3.8) is 0 Å². The van der Waals surface area contributed by atoms with Gasteiger partial charge in [0.25, 0.3) is 6.02 Å². The van der Waals surface area contributed by atoms with Crippen LogP contribution in [0.15, 0.2) is 41.7 Å². The summed E-state index contributed by atoms with van der Waals surface area (Å²) in [5, 5.41) is 7.73. The highest BCUT2D eigenvalue weighted by molar-refractivity contribution is 6.30. The average Bonchev–Trinajstić information content (AvgIpc) is 3.24. The first-order valence-electron chi connectivity index (χ1n) is 12.5. The second-order valence-electron chi connectivity index (χ2n) is 11.1. The Morgan fingerprint density at radius 2 is 1.92 bits per heavy atom. The van der Waals surface area contributed by atoms with Gasteiger partial charge in [0.2, 0.25) is 0 Å². The van der Waals surface area contributed by atoms with Gasteiger partial charge in [0.15, 0.2) is 0 Å². The Hall–Kier alpha value is -3.05. The van der Waals surface area contributed by atoms with Crippen molar-refractivity contribution in [1.82, 2.24) is 4.98 Å². The number of nitrogens with two attached hydrogens (primary N) is 1. The minimum absolute atomic E-state index is 0.0638. The molecular weight excluding hydrogens is 539 g/mol. The number of aromatic nitrogens is 1. The topological polar surface area (TPSA) is 116 Å². The second kappa shape index (κ2) is 10.8. The van der Waals surface area contributed by atoms with Crippen LogP contribution in [0.5, 0.6) is 5.75 Å². The van der Waals surface area contributed by atoms with Gasteiger partial charge in [-0.2, -0.15) is 13.2 Å². The zero-order valence-electron chi connectivity index (χ0n) is 21.8. The van der Waals surface area contributed by atoms with Crippen LogP contribution in [0, 0.1) is 11.3 Å². The molecule has 1 spiro atoms. The van der Waals surface area contributed by atoms with Gasteiger partial charge in [-0.1, -0.05) is 38.4 Å². The van der Waals surface area contributed by atoms with Gasteiger partial charge < -0.3 is 25.1 Å². The Balaban J connectivity index is 0.000000448. The summed E-state index contributed by atoms with van der Waals surface area (Å²) in [5.74, 6) is -1.78. The quantitative estimate of drug-likeness (QED) is 0.496. The van der Waals surface area contributed by atoms with Crippen molar-refractivity contribution >= 4 is 23.6 Å². The predicted octanol–water partition coefficient (Wildman–Crippen LogP) is 5.57. The van der Waals surface area contributed by atoms with Crippen molar-refractivity contribution in [1.29, 1.82) is 0 Å². The SMILES string of the molecule is CC(C)(C)CO[C@@H]1CC[C@@H]2Oc3ccc(-c4cncc(Cl)c4)cc3[C@]3(COC(N)=N3)[C@H]2C1.O=C(O)C(F)(F)F. The van der Waals surface area contributed by atoms with Crippen LogP contribution in [0.1, 0.15) is 45.6 Å². The Morgan fingerprint density at radius 1 is 1.21 bits per heavy atom. The third-order valence-electron chi connectivity index (χ3n) is 6.86. The van der Waals surface area contributed by atoms with E-state index in [1.165, 1.54) is 0 Å². The molecule has 5 rings (SSSR count). The molecule has 0 bridgehead atoms. The van der Waals surface area contributed by atoms with Crippen LogP contribution >= 0.6 is 11.6 Å². The Kier molecular flexibility index (Phi) is 8.05. The summed E-state index contributed by atoms with van der Waals surface area (Å²) in [4.78, 5) is 18.0. The first-order valence-corrected chi connectivity index (χ1v) is 12.9. The number of hydrogen-bond donors (Lipinski definition) is 2. The summed E-state index contributed by atoms with van der Waals surface area (Å²) in [6, 6.07) is 8.35. The maximum absolute atomic E-state index is 10.6. The van der Waals surface area contributed by atoms with Crippen molar-refractivity contribution < 1.29 is 37.3 Å². The number of nitrogens with zero attached hydrogens (tertiary/aromatic N) is 2. The Morgan fingerprint density at radius 3 is 2.51 bits per heavy atom. The molecule has 3 aliphatic rings. The average molecular weight is 570 g/mol. The van der Waals surface area contributed by atoms with Crippen molar-refractivity contribution in [2.45, 2.75) is 64.0 Å². The molecule has 3 N–H and O–H groups in total. The lowest BCUT2D eigenvalue weighted by atomic mass is 9.67. The third-order valence-corrected chi connectivity index (χ3v) is 7.07. The van der Waals surface area contributed by atoms with Gasteiger partial charge in [0.05, 0.1) is 17.7 Å². The number of halogens is 4. The van der Waals surface area contributed by atoms with Gasteiger partial charge in [0.1, 0.15) is 24.0 Å². The summed E-state index contributed by atoms with van der Waals surface area (Å²) in [6.07, 6.45) is 1.37. The van der Waals surface area contributed by atoms with E-state index in [0.717, 1.165) is 48.3 Å². The molecule has 1 aromatic carbocycles. The molecular formula is C27H31ClF3N3O5. The highest BCUT2D eigenvalue weighted by atomic mass is 35.5. The van der Waals surface area contributed by atoms with Crippen LogP contribution in [0.4, 0.5) is 13.2 Å². The lowest BCUT2D eigenvalue weighted by Crippen LogP contribution is -2.52. The zero-order valence-corrected chi connectivity index (χ0v) is 22.6. The molecule has 3 heterocycles. The number of ether oxygens (including phenoxy) is 3. The summed E-state index contributed by atoms with van der Waals surface area (Å²) in [5.41, 5.74) is 8.59. The molecule has 212 valence electrons. The minimum atomic E-state index is -5.08. The maximum Gasteiger partial charge on any atom is 0.490 e. The fraction of sp³-hybridized carbons (Fsp3) is 0.519. The molecule has 1 aromatic heterocycles. The number of pyridine rings is 1. The van der Waals surface area contributed by atoms with E-state index >= 15 is 0 Å². The number of fused-ring (bicyclic) bond motifs is 4. The van der Waals surface area contributed by atoms with Gasteiger partial charge in [0, 0.05) is 29.4 Å². The van der Waals surface area contributed by atoms with E-state index in [2.05, 4.69) is 31.8 Å². The number of carboxylic acid groups (broad SMARTS) is 1. The molecule has 4 atom stereocenters. The smallest absolute Gasteiger partial charge is 0.490 e. The van der Waals surface area contributed by atoms with Crippen LogP contribution in [0.3, 0.4) is 0 Å². The molecule has 1 fully saturated rings. The van der Waals surface area contributed by atoms with Crippen LogP contribution in [0.25, 0.3) is 11.1 Å². The van der Waals surface area contributed by atoms with Crippen molar-refractivity contribution in [3.05, 3.63) is 47.2 Å². The highest BCUT2D eigenvalue weighted by Crippen LogP contribution is 2.53. The number of aliphatic imine (C=N–C) groups is 1. The predicted molar refractivity (Wildman–Crippen MR) is 139 cm³/mol. The molecule has 0 radical (unpaired) electrons. The normalized spacial score (nSPS) is 25.8. The molecule has 8 nitrogen and oxygen atoms in total. The number of amidine groups is 1. The molecule has 0 unspecified atom stereocenters. The molecule has 0 amide bonds. The zero-order chi connectivity index (χ0) is 28.6. The van der Waals surface area contributed by atoms with Crippen LogP contribution in [0.2, 0.25) is 5.02 Å². The van der Waals surface area contributed by atoms with Gasteiger partial charge in [-0.25, -0.2) is 9.79 Å². The highest BCUT2D eigenvalue weighted by Gasteiger charge is 2.55. The minimum Gasteiger partial charge on any atom is -0.490 e. The largest absolute Gasteiger partial charge is 0.490 e. The number of aliphatic carboxylic acids is 1. The number of rotatable bonds is 3. The molecule has 2 aliphatic heterocycles. The summed E-state index contributed by atoms with van der Waals surface area (Å²) < 4.78 is 50.3. The van der Waals surface area contributed by atoms with E-state index in [0.29, 0.717) is 11.6 Å². The molecule has 2 aromatic rings. The van der Waals surface area contributed by atoms with E-state index in [1.807, 2.05) is 24.4 Å². The van der Waals surface area contributed by atoms with Crippen molar-refractivity contribution in [2.24, 2.45) is 22.1 Å². The van der Waals surface area contributed by atoms with Gasteiger partial charge >= 0.3 is 12.1 Å². The lowest BCUT2D eigenvalue weighted by Gasteiger charge is -2.48. The molecule has 39 heavy (non-hydrogen) atoms. The first-order chi connectivity index (χ1) is 18.2. The van der Waals surface area contributed by atoms with E-state index in [1.54, 1.807) is 6.20 Å². The molecule has 0 saturated heterocycles. The maximum atomic E-state index is 10.6. The fourth-order valence-electron chi connectivity index (χ4n) is 5.12. The monoisotopic (exact) mass is 569 g/mol. The summed E-state index contributed by atoms with van der Waals surface area (Å²) in [7, 11) is 0. The Bertz CT molecular complexity index is 1250. The van der Waals surface area contributed by atoms with Crippen LogP contribution in [-0.2, 0) is 19.8 Å². The lowest BCUT2D eigenvalue weighted by molar-refractivity contribution is -0.192. The number of carbonyl (C=O) groups is 1. The number of carboxylic acids is 1. The van der Waals surface area contributed by atoms with E-state index in [9.17, 15) is 13.2 Å². The number of hydrogen-bond acceptors (Lipinski definition) is 7. The van der Waals surface area contributed by atoms with Crippen molar-refractivity contribution in [2.75, 3.05) is 13.2 Å². The van der Waals surface area contributed by atoms with Crippen LogP contribution < -0.4 is 10.5 Å². The van der Waals surface area contributed by atoms with Crippen molar-refractivity contribution in [3.8, 4) is 16.9 Å². The molecule has 12 heteroatoms. The summed E-state index contributed by atoms with van der Waals surface area (Å²) >= 11 is 6.19. The van der Waals surface area contributed by atoms with Gasteiger partial charge in [-0.3, -0.25) is 4.98 Å². The van der Waals surface area contributed by atoms with E-state index in [-0.39, 0.29) is 29.6 Å². The number of alkyl halides is 3. The Labute approximate surface area is 229 Å². The van der Waals surface area contributed by atoms with Crippen LogP contribution in [-0.4, -0.2) is 53.7 Å². The third kappa shape index (κ3) is 6.58. The first kappa shape index (κ1) is 28.9. The van der Waals surface area contributed by atoms with Gasteiger partial charge in [-0.05, 0) is 48.4 Å². The fourth-order valence-corrected chi connectivity index (χ4v) is 5.30. The van der Waals surface area contributed by atoms with E-state index in [4.69, 9.17) is 46.4 Å². The van der Waals surface area contributed by atoms with Gasteiger partial charge in [-0.15, -0.1) is 0 Å².